The second kappa shape index (κ2) is 10.2. The molecule has 35 heavy (non-hydrogen) atoms. The van der Waals surface area contributed by atoms with Crippen molar-refractivity contribution in [3.8, 4) is 17.2 Å². The van der Waals surface area contributed by atoms with Crippen LogP contribution in [0.15, 0.2) is 57.1 Å². The molecule has 1 aliphatic carbocycles. The molecule has 0 N–H and O–H groups in total. The maximum atomic E-state index is 13.7. The minimum atomic E-state index is -0.719. The van der Waals surface area contributed by atoms with Crippen molar-refractivity contribution in [2.24, 2.45) is 10.9 Å². The van der Waals surface area contributed by atoms with Gasteiger partial charge in [-0.05, 0) is 55.2 Å². The van der Waals surface area contributed by atoms with E-state index in [2.05, 4.69) is 15.9 Å². The SMILES string of the molecule is COC(=O)C1C(C)=NC2=C(C(=O)C[C@H](c3ccc(OC)c(OC)c3)C2)[C@H]1c1cc(Br)ccc1OC. The fourth-order valence-corrected chi connectivity index (χ4v) is 5.50. The summed E-state index contributed by atoms with van der Waals surface area (Å²) in [5.41, 5.74) is 3.59. The summed E-state index contributed by atoms with van der Waals surface area (Å²) in [6, 6.07) is 11.3. The number of hydrogen-bond donors (Lipinski definition) is 0. The molecule has 0 saturated heterocycles. The number of carbonyl (C=O) groups excluding carboxylic acids is 2. The Labute approximate surface area is 213 Å². The lowest BCUT2D eigenvalue weighted by molar-refractivity contribution is -0.143. The van der Waals surface area contributed by atoms with E-state index in [-0.39, 0.29) is 11.7 Å². The quantitative estimate of drug-likeness (QED) is 0.466. The van der Waals surface area contributed by atoms with Crippen LogP contribution in [0, 0.1) is 5.92 Å². The number of esters is 1. The van der Waals surface area contributed by atoms with E-state index in [1.807, 2.05) is 43.3 Å². The van der Waals surface area contributed by atoms with Crippen molar-refractivity contribution in [3.05, 3.63) is 63.3 Å². The van der Waals surface area contributed by atoms with Gasteiger partial charge in [-0.1, -0.05) is 22.0 Å². The Hall–Kier alpha value is -3.13. The molecule has 0 fully saturated rings. The number of aliphatic imine (C=N–C) groups is 1. The number of Topliss-reactive ketones (excluding diaryl/α,β-unsaturated/α-hetero) is 1. The Morgan fingerprint density at radius 2 is 1.63 bits per heavy atom. The summed E-state index contributed by atoms with van der Waals surface area (Å²) in [5.74, 6) is 0.0315. The summed E-state index contributed by atoms with van der Waals surface area (Å²) in [7, 11) is 6.11. The summed E-state index contributed by atoms with van der Waals surface area (Å²) in [6.45, 7) is 1.81. The van der Waals surface area contributed by atoms with E-state index in [1.54, 1.807) is 21.3 Å². The van der Waals surface area contributed by atoms with Crippen LogP contribution in [0.5, 0.6) is 17.2 Å². The van der Waals surface area contributed by atoms with E-state index >= 15 is 0 Å². The number of carbonyl (C=O) groups is 2. The van der Waals surface area contributed by atoms with Gasteiger partial charge in [-0.25, -0.2) is 0 Å². The highest BCUT2D eigenvalue weighted by Crippen LogP contribution is 2.49. The third-order valence-corrected chi connectivity index (χ3v) is 7.24. The molecule has 0 saturated carbocycles. The second-order valence-electron chi connectivity index (χ2n) is 8.62. The fraction of sp³-hybridized carbons (Fsp3) is 0.370. The van der Waals surface area contributed by atoms with Crippen LogP contribution in [-0.4, -0.2) is 45.9 Å². The van der Waals surface area contributed by atoms with Crippen molar-refractivity contribution in [1.82, 2.24) is 0 Å². The monoisotopic (exact) mass is 541 g/mol. The lowest BCUT2D eigenvalue weighted by Crippen LogP contribution is -2.38. The smallest absolute Gasteiger partial charge is 0.315 e. The number of methoxy groups -OCH3 is 4. The third-order valence-electron chi connectivity index (χ3n) is 6.75. The van der Waals surface area contributed by atoms with E-state index in [1.165, 1.54) is 7.11 Å². The predicted octanol–water partition coefficient (Wildman–Crippen LogP) is 5.22. The van der Waals surface area contributed by atoms with Gasteiger partial charge < -0.3 is 18.9 Å². The summed E-state index contributed by atoms with van der Waals surface area (Å²) in [6.07, 6.45) is 0.859. The second-order valence-corrected chi connectivity index (χ2v) is 9.54. The normalized spacial score (nSPS) is 21.7. The average Bonchev–Trinajstić information content (AvgIpc) is 2.86. The van der Waals surface area contributed by atoms with Gasteiger partial charge in [-0.15, -0.1) is 0 Å². The first-order valence-corrected chi connectivity index (χ1v) is 12.1. The van der Waals surface area contributed by atoms with Crippen LogP contribution in [0.3, 0.4) is 0 Å². The Kier molecular flexibility index (Phi) is 7.31. The van der Waals surface area contributed by atoms with Crippen LogP contribution in [-0.2, 0) is 14.3 Å². The highest BCUT2D eigenvalue weighted by molar-refractivity contribution is 9.10. The van der Waals surface area contributed by atoms with Crippen molar-refractivity contribution in [3.63, 3.8) is 0 Å². The van der Waals surface area contributed by atoms with Gasteiger partial charge in [-0.2, -0.15) is 0 Å². The van der Waals surface area contributed by atoms with Crippen LogP contribution in [0.4, 0.5) is 0 Å². The first kappa shape index (κ1) is 25.0. The molecule has 0 radical (unpaired) electrons. The van der Waals surface area contributed by atoms with Crippen LogP contribution >= 0.6 is 15.9 Å². The zero-order valence-electron chi connectivity index (χ0n) is 20.4. The largest absolute Gasteiger partial charge is 0.496 e. The molecule has 2 aliphatic rings. The van der Waals surface area contributed by atoms with Crippen LogP contribution < -0.4 is 14.2 Å². The first-order chi connectivity index (χ1) is 16.8. The minimum Gasteiger partial charge on any atom is -0.496 e. The lowest BCUT2D eigenvalue weighted by Gasteiger charge is -2.37. The van der Waals surface area contributed by atoms with Crippen molar-refractivity contribution in [1.29, 1.82) is 0 Å². The zero-order chi connectivity index (χ0) is 25.3. The Bertz CT molecular complexity index is 1230. The maximum absolute atomic E-state index is 13.7. The average molecular weight is 542 g/mol. The van der Waals surface area contributed by atoms with Crippen molar-refractivity contribution < 1.29 is 28.5 Å². The summed E-state index contributed by atoms with van der Waals surface area (Å²) < 4.78 is 22.4. The minimum absolute atomic E-state index is 0.0387. The molecule has 1 heterocycles. The topological polar surface area (TPSA) is 83.4 Å². The van der Waals surface area contributed by atoms with Crippen molar-refractivity contribution in [2.75, 3.05) is 28.4 Å². The number of rotatable bonds is 6. The van der Waals surface area contributed by atoms with Gasteiger partial charge in [0.1, 0.15) is 11.7 Å². The van der Waals surface area contributed by atoms with Gasteiger partial charge in [0.25, 0.3) is 0 Å². The third kappa shape index (κ3) is 4.59. The summed E-state index contributed by atoms with van der Waals surface area (Å²) in [4.78, 5) is 31.4. The van der Waals surface area contributed by atoms with Crippen LogP contribution in [0.2, 0.25) is 0 Å². The number of nitrogens with zero attached hydrogens (tertiary/aromatic N) is 1. The van der Waals surface area contributed by atoms with Crippen molar-refractivity contribution >= 4 is 33.4 Å². The standard InChI is InChI=1S/C27H28BrNO6/c1-14-24(27(31)35-5)25(18-13-17(28)7-9-21(18)32-2)26-19(29-14)10-16(11-20(26)30)15-6-8-22(33-3)23(12-15)34-4/h6-9,12-13,16,24-25H,10-11H2,1-5H3/t16-,24?,25+/m1/s1. The molecule has 0 spiro atoms. The van der Waals surface area contributed by atoms with E-state index < -0.39 is 17.8 Å². The molecule has 0 bridgehead atoms. The van der Waals surface area contributed by atoms with Gasteiger partial charge >= 0.3 is 5.97 Å². The Balaban J connectivity index is 1.83. The van der Waals surface area contributed by atoms with Gasteiger partial charge in [0.15, 0.2) is 17.3 Å². The van der Waals surface area contributed by atoms with E-state index in [4.69, 9.17) is 23.9 Å². The molecule has 4 rings (SSSR count). The lowest BCUT2D eigenvalue weighted by atomic mass is 9.69. The summed E-state index contributed by atoms with van der Waals surface area (Å²) >= 11 is 3.52. The number of ether oxygens (including phenoxy) is 4. The van der Waals surface area contributed by atoms with Crippen LogP contribution in [0.25, 0.3) is 0 Å². The number of benzene rings is 2. The molecule has 1 aliphatic heterocycles. The number of halogens is 1. The number of ketones is 1. The Morgan fingerprint density at radius 3 is 2.29 bits per heavy atom. The summed E-state index contributed by atoms with van der Waals surface area (Å²) in [5, 5.41) is 0. The highest BCUT2D eigenvalue weighted by Gasteiger charge is 2.45. The molecule has 1 unspecified atom stereocenters. The Morgan fingerprint density at radius 1 is 0.943 bits per heavy atom. The molecule has 2 aromatic carbocycles. The molecule has 0 amide bonds. The number of allylic oxidation sites excluding steroid dienone is 2. The first-order valence-electron chi connectivity index (χ1n) is 11.3. The molecule has 8 heteroatoms. The molecule has 0 aromatic heterocycles. The fourth-order valence-electron chi connectivity index (χ4n) is 5.12. The van der Waals surface area contributed by atoms with Gasteiger partial charge in [0.2, 0.25) is 0 Å². The predicted molar refractivity (Wildman–Crippen MR) is 136 cm³/mol. The molecular weight excluding hydrogens is 514 g/mol. The molecular formula is C27H28BrNO6. The van der Waals surface area contributed by atoms with E-state index in [0.717, 1.165) is 15.6 Å². The molecule has 7 nitrogen and oxygen atoms in total. The van der Waals surface area contributed by atoms with E-state index in [0.29, 0.717) is 47.1 Å². The molecule has 3 atom stereocenters. The van der Waals surface area contributed by atoms with Gasteiger partial charge in [0, 0.05) is 39.4 Å². The molecule has 2 aromatic rings. The van der Waals surface area contributed by atoms with E-state index in [9.17, 15) is 9.59 Å². The van der Waals surface area contributed by atoms with Gasteiger partial charge in [-0.3, -0.25) is 14.6 Å². The number of hydrogen-bond acceptors (Lipinski definition) is 7. The van der Waals surface area contributed by atoms with Crippen molar-refractivity contribution in [2.45, 2.75) is 31.6 Å². The maximum Gasteiger partial charge on any atom is 0.315 e. The van der Waals surface area contributed by atoms with Crippen LogP contribution in [0.1, 0.15) is 42.7 Å². The van der Waals surface area contributed by atoms with Gasteiger partial charge in [0.05, 0.1) is 28.4 Å². The molecule has 184 valence electrons. The highest BCUT2D eigenvalue weighted by atomic mass is 79.9. The zero-order valence-corrected chi connectivity index (χ0v) is 22.0.